The molecule has 0 spiro atoms. The zero-order valence-electron chi connectivity index (χ0n) is 28.5. The maximum absolute atomic E-state index is 13.4. The molecular weight excluding hydrogens is 671 g/mol. The molecule has 1 aliphatic carbocycles. The lowest BCUT2D eigenvalue weighted by Gasteiger charge is -2.24. The highest BCUT2D eigenvalue weighted by atomic mass is 19.3. The van der Waals surface area contributed by atoms with Crippen molar-refractivity contribution < 1.29 is 46.2 Å². The lowest BCUT2D eigenvalue weighted by Crippen LogP contribution is -2.29. The molecule has 3 amide bonds. The smallest absolute Gasteiger partial charge is 0.405 e. The van der Waals surface area contributed by atoms with E-state index in [4.69, 9.17) is 19.6 Å². The van der Waals surface area contributed by atoms with Gasteiger partial charge in [-0.25, -0.2) is 19.2 Å². The molecule has 3 N–H and O–H groups in total. The third kappa shape index (κ3) is 9.99. The summed E-state index contributed by atoms with van der Waals surface area (Å²) < 4.78 is 61.7. The topological polar surface area (TPSA) is 159 Å². The van der Waals surface area contributed by atoms with Crippen LogP contribution in [0, 0.1) is 17.2 Å². The zero-order chi connectivity index (χ0) is 36.9. The number of anilines is 1. The number of oxazole rings is 1. The molecule has 270 valence electrons. The Morgan fingerprint density at radius 3 is 2.37 bits per heavy atom. The van der Waals surface area contributed by atoms with Crippen LogP contribution in [0.25, 0.3) is 11.5 Å². The van der Waals surface area contributed by atoms with Crippen LogP contribution in [-0.4, -0.2) is 48.1 Å². The molecule has 1 saturated carbocycles. The van der Waals surface area contributed by atoms with Crippen molar-refractivity contribution in [3.63, 3.8) is 0 Å². The normalized spacial score (nSPS) is 13.4. The molecule has 0 saturated heterocycles. The van der Waals surface area contributed by atoms with Crippen molar-refractivity contribution >= 4 is 23.6 Å². The highest BCUT2D eigenvalue weighted by Crippen LogP contribution is 2.39. The molecule has 12 nitrogen and oxygen atoms in total. The highest BCUT2D eigenvalue weighted by Gasteiger charge is 2.31. The Balaban J connectivity index is 1.43. The van der Waals surface area contributed by atoms with Crippen molar-refractivity contribution in [3.8, 4) is 23.0 Å². The van der Waals surface area contributed by atoms with Crippen LogP contribution in [0.1, 0.15) is 78.6 Å². The molecule has 0 bridgehead atoms. The van der Waals surface area contributed by atoms with Crippen LogP contribution in [0.5, 0.6) is 11.5 Å². The number of alkyl halides is 2. The molecule has 2 heterocycles. The quantitative estimate of drug-likeness (QED) is 0.140. The fourth-order valence-electron chi connectivity index (χ4n) is 5.08. The van der Waals surface area contributed by atoms with Crippen molar-refractivity contribution in [2.75, 3.05) is 18.6 Å². The van der Waals surface area contributed by atoms with Gasteiger partial charge in [-0.15, -0.1) is 0 Å². The number of pyridine rings is 1. The molecule has 1 unspecified atom stereocenters. The maximum atomic E-state index is 13.4. The first-order valence-corrected chi connectivity index (χ1v) is 16.1. The Bertz CT molecular complexity index is 1870. The first-order valence-electron chi connectivity index (χ1n) is 16.1. The summed E-state index contributed by atoms with van der Waals surface area (Å²) in [5, 5.41) is 2.72. The van der Waals surface area contributed by atoms with E-state index in [1.807, 2.05) is 20.8 Å². The van der Waals surface area contributed by atoms with Crippen LogP contribution in [0.2, 0.25) is 0 Å². The standard InChI is InChI=1S/C36H38F3N5O7/c1-36(2,3)17-29(50-35(40)47)30-26(43-32(51-30)21-10-15-27(49-34(38)39)28(16-21)48-19-20-8-9-20)18-41-31(45)24-6-5-7-25(42-24)33(46)44(4)23-13-11-22(37)12-14-23/h5-7,10-16,20,29,34H,8-9,17-19H2,1-4H3,(H2,40,47)(H,41,45). The van der Waals surface area contributed by atoms with Crippen LogP contribution in [-0.2, 0) is 11.3 Å². The zero-order valence-corrected chi connectivity index (χ0v) is 28.5. The van der Waals surface area contributed by atoms with Crippen LogP contribution in [0.3, 0.4) is 0 Å². The van der Waals surface area contributed by atoms with Gasteiger partial charge in [-0.05, 0) is 85.2 Å². The van der Waals surface area contributed by atoms with Gasteiger partial charge in [0.1, 0.15) is 22.9 Å². The SMILES string of the molecule is CN(C(=O)c1cccc(C(=O)NCc2nc(-c3ccc(OC(F)F)c(OCC4CC4)c3)oc2C(CC(C)(C)C)OC(N)=O)n1)c1ccc(F)cc1. The van der Waals surface area contributed by atoms with Crippen LogP contribution in [0.15, 0.2) is 65.1 Å². The summed E-state index contributed by atoms with van der Waals surface area (Å²) >= 11 is 0. The summed E-state index contributed by atoms with van der Waals surface area (Å²) in [4.78, 5) is 48.5. The Kier molecular flexibility index (Phi) is 11.2. The first kappa shape index (κ1) is 36.7. The number of halogens is 3. The number of aromatic nitrogens is 2. The number of ether oxygens (including phenoxy) is 3. The Labute approximate surface area is 292 Å². The summed E-state index contributed by atoms with van der Waals surface area (Å²) in [6, 6.07) is 13.9. The molecule has 4 aromatic rings. The van der Waals surface area contributed by atoms with E-state index in [1.54, 1.807) is 0 Å². The Morgan fingerprint density at radius 1 is 1.02 bits per heavy atom. The van der Waals surface area contributed by atoms with Gasteiger partial charge in [0.2, 0.25) is 5.89 Å². The van der Waals surface area contributed by atoms with Gasteiger partial charge >= 0.3 is 12.7 Å². The number of nitrogens with one attached hydrogen (secondary N) is 1. The number of benzene rings is 2. The van der Waals surface area contributed by atoms with Gasteiger partial charge in [0.05, 0.1) is 13.2 Å². The van der Waals surface area contributed by atoms with Crippen molar-refractivity contribution in [2.45, 2.75) is 59.3 Å². The van der Waals surface area contributed by atoms with Crippen molar-refractivity contribution in [1.82, 2.24) is 15.3 Å². The fraction of sp³-hybridized carbons (Fsp3) is 0.361. The minimum Gasteiger partial charge on any atom is -0.489 e. The van der Waals surface area contributed by atoms with Gasteiger partial charge in [-0.1, -0.05) is 26.8 Å². The molecule has 51 heavy (non-hydrogen) atoms. The van der Waals surface area contributed by atoms with Gasteiger partial charge in [0.15, 0.2) is 23.4 Å². The maximum Gasteiger partial charge on any atom is 0.405 e. The summed E-state index contributed by atoms with van der Waals surface area (Å²) in [5.74, 6) is -1.28. The Morgan fingerprint density at radius 2 is 1.73 bits per heavy atom. The minimum atomic E-state index is -3.07. The third-order valence-electron chi connectivity index (χ3n) is 7.79. The molecule has 1 aliphatic rings. The third-order valence-corrected chi connectivity index (χ3v) is 7.79. The van der Waals surface area contributed by atoms with Crippen LogP contribution in [0.4, 0.5) is 23.7 Å². The summed E-state index contributed by atoms with van der Waals surface area (Å²) in [5.41, 5.74) is 5.87. The molecule has 2 aromatic carbocycles. The van der Waals surface area contributed by atoms with Gasteiger partial charge in [-0.3, -0.25) is 9.59 Å². The Hall–Kier alpha value is -5.60. The van der Waals surface area contributed by atoms with Gasteiger partial charge in [-0.2, -0.15) is 8.78 Å². The molecule has 0 radical (unpaired) electrons. The van der Waals surface area contributed by atoms with Crippen LogP contribution < -0.4 is 25.4 Å². The summed E-state index contributed by atoms with van der Waals surface area (Å²) in [6.07, 6.45) is 0.138. The first-order chi connectivity index (χ1) is 24.2. The van der Waals surface area contributed by atoms with Gasteiger partial charge in [0.25, 0.3) is 11.8 Å². The largest absolute Gasteiger partial charge is 0.489 e. The number of carbonyl (C=O) groups excluding carboxylic acids is 3. The van der Waals surface area contributed by atoms with E-state index in [1.165, 1.54) is 72.6 Å². The average molecular weight is 710 g/mol. The summed E-state index contributed by atoms with van der Waals surface area (Å²) in [6.45, 7) is 2.77. The lowest BCUT2D eigenvalue weighted by atomic mass is 9.88. The second-order valence-corrected chi connectivity index (χ2v) is 13.2. The highest BCUT2D eigenvalue weighted by molar-refractivity contribution is 6.05. The average Bonchev–Trinajstić information content (AvgIpc) is 3.81. The molecule has 1 atom stereocenters. The molecular formula is C36H38F3N5O7. The molecule has 5 rings (SSSR count). The lowest BCUT2D eigenvalue weighted by molar-refractivity contribution is -0.0515. The number of hydrogen-bond donors (Lipinski definition) is 2. The predicted molar refractivity (Wildman–Crippen MR) is 179 cm³/mol. The number of primary amides is 1. The second-order valence-electron chi connectivity index (χ2n) is 13.2. The molecule has 15 heteroatoms. The number of carbonyl (C=O) groups is 3. The summed E-state index contributed by atoms with van der Waals surface area (Å²) in [7, 11) is 1.50. The number of nitrogens with zero attached hydrogens (tertiary/aromatic N) is 3. The number of nitrogens with two attached hydrogens (primary N) is 1. The van der Waals surface area contributed by atoms with E-state index in [0.717, 1.165) is 12.8 Å². The minimum absolute atomic E-state index is 0.0237. The van der Waals surface area contributed by atoms with Gasteiger partial charge in [0, 0.05) is 18.3 Å². The second kappa shape index (κ2) is 15.5. The number of hydrogen-bond acceptors (Lipinski definition) is 9. The molecule has 0 aliphatic heterocycles. The van der Waals surface area contributed by atoms with E-state index < -0.39 is 36.4 Å². The van der Waals surface area contributed by atoms with Crippen LogP contribution >= 0.6 is 0 Å². The van der Waals surface area contributed by atoms with Crippen molar-refractivity contribution in [2.24, 2.45) is 17.1 Å². The van der Waals surface area contributed by atoms with E-state index in [9.17, 15) is 27.6 Å². The number of rotatable bonds is 14. The van der Waals surface area contributed by atoms with Crippen molar-refractivity contribution in [1.29, 1.82) is 0 Å². The van der Waals surface area contributed by atoms with E-state index in [-0.39, 0.29) is 58.6 Å². The van der Waals surface area contributed by atoms with E-state index in [0.29, 0.717) is 23.8 Å². The molecule has 2 aromatic heterocycles. The number of amides is 3. The van der Waals surface area contributed by atoms with E-state index in [2.05, 4.69) is 20.0 Å². The van der Waals surface area contributed by atoms with Gasteiger partial charge < -0.3 is 34.6 Å². The predicted octanol–water partition coefficient (Wildman–Crippen LogP) is 7.05. The molecule has 1 fully saturated rings. The fourth-order valence-corrected chi connectivity index (χ4v) is 5.08. The van der Waals surface area contributed by atoms with Crippen molar-refractivity contribution in [3.05, 3.63) is 89.3 Å². The van der Waals surface area contributed by atoms with E-state index >= 15 is 0 Å². The monoisotopic (exact) mass is 709 g/mol.